The van der Waals surface area contributed by atoms with Crippen molar-refractivity contribution in [3.05, 3.63) is 79.4 Å². The van der Waals surface area contributed by atoms with Gasteiger partial charge in [0.1, 0.15) is 0 Å². The van der Waals surface area contributed by atoms with Crippen molar-refractivity contribution < 1.29 is 0 Å². The molecule has 0 aliphatic rings. The van der Waals surface area contributed by atoms with Crippen LogP contribution in [0.2, 0.25) is 0 Å². The maximum absolute atomic E-state index is 12.7. The molecule has 2 heterocycles. The van der Waals surface area contributed by atoms with Crippen LogP contribution in [0.4, 0.5) is 5.69 Å². The first-order valence-corrected chi connectivity index (χ1v) is 9.41. The number of aromatic amines is 1. The molecule has 6 nitrogen and oxygen atoms in total. The normalized spacial score (nSPS) is 11.1. The molecule has 0 spiro atoms. The fraction of sp³-hybridized carbons (Fsp3) is 0.0952. The first kappa shape index (κ1) is 18.2. The fourth-order valence-corrected chi connectivity index (χ4v) is 3.50. The fourth-order valence-electron chi connectivity index (χ4n) is 3.23. The highest BCUT2D eigenvalue weighted by atomic mass is 79.9. The molecule has 4 aromatic rings. The minimum Gasteiger partial charge on any atom is -0.396 e. The number of fused-ring (bicyclic) bond motifs is 1. The summed E-state index contributed by atoms with van der Waals surface area (Å²) in [7, 11) is 1.58. The molecule has 0 unspecified atom stereocenters. The van der Waals surface area contributed by atoms with Crippen molar-refractivity contribution in [3.63, 3.8) is 0 Å². The van der Waals surface area contributed by atoms with Crippen LogP contribution in [0.25, 0.3) is 33.4 Å². The number of anilines is 1. The summed E-state index contributed by atoms with van der Waals surface area (Å²) in [5.74, 6) is 0. The maximum Gasteiger partial charge on any atom is 0.329 e. The van der Waals surface area contributed by atoms with Gasteiger partial charge in [-0.25, -0.2) is 9.78 Å². The van der Waals surface area contributed by atoms with Gasteiger partial charge in [0, 0.05) is 22.6 Å². The van der Waals surface area contributed by atoms with Gasteiger partial charge in [-0.3, -0.25) is 14.3 Å². The van der Waals surface area contributed by atoms with Gasteiger partial charge in [0.15, 0.2) is 5.65 Å². The lowest BCUT2D eigenvalue weighted by atomic mass is 9.97. The van der Waals surface area contributed by atoms with E-state index in [-0.39, 0.29) is 5.65 Å². The third-order valence-corrected chi connectivity index (χ3v) is 5.27. The van der Waals surface area contributed by atoms with E-state index in [1.54, 1.807) is 7.05 Å². The SMILES string of the molecule is Cc1ccc(-c2c(N)c(-c3ccc(Br)cc3)nc3c2c(=O)[nH]c(=O)n3C)cc1. The van der Waals surface area contributed by atoms with Crippen molar-refractivity contribution >= 4 is 32.7 Å². The first-order valence-electron chi connectivity index (χ1n) is 8.62. The van der Waals surface area contributed by atoms with Crippen LogP contribution in [0.3, 0.4) is 0 Å². The molecular formula is C21H17BrN4O2. The van der Waals surface area contributed by atoms with Crippen molar-refractivity contribution in [2.24, 2.45) is 7.05 Å². The van der Waals surface area contributed by atoms with E-state index < -0.39 is 11.2 Å². The number of nitrogens with two attached hydrogens (primary N) is 1. The van der Waals surface area contributed by atoms with E-state index in [2.05, 4.69) is 25.9 Å². The molecule has 2 aromatic carbocycles. The number of pyridine rings is 1. The minimum absolute atomic E-state index is 0.288. The van der Waals surface area contributed by atoms with E-state index >= 15 is 0 Å². The van der Waals surface area contributed by atoms with Crippen molar-refractivity contribution in [2.75, 3.05) is 5.73 Å². The van der Waals surface area contributed by atoms with E-state index in [9.17, 15) is 9.59 Å². The number of H-pyrrole nitrogens is 1. The molecule has 28 heavy (non-hydrogen) atoms. The molecule has 0 fully saturated rings. The average Bonchev–Trinajstić information content (AvgIpc) is 2.67. The van der Waals surface area contributed by atoms with Crippen molar-refractivity contribution in [1.82, 2.24) is 14.5 Å². The Morgan fingerprint density at radius 2 is 1.61 bits per heavy atom. The maximum atomic E-state index is 12.7. The zero-order valence-corrected chi connectivity index (χ0v) is 16.9. The lowest BCUT2D eigenvalue weighted by Gasteiger charge is -2.15. The van der Waals surface area contributed by atoms with E-state index in [0.29, 0.717) is 22.3 Å². The third kappa shape index (κ3) is 2.93. The highest BCUT2D eigenvalue weighted by Crippen LogP contribution is 2.37. The number of halogens is 1. The zero-order chi connectivity index (χ0) is 20.0. The third-order valence-electron chi connectivity index (χ3n) is 4.74. The molecule has 0 amide bonds. The molecule has 3 N–H and O–H groups in total. The second-order valence-corrected chi connectivity index (χ2v) is 7.55. The van der Waals surface area contributed by atoms with Crippen molar-refractivity contribution in [2.45, 2.75) is 6.92 Å². The molecule has 0 atom stereocenters. The monoisotopic (exact) mass is 436 g/mol. The van der Waals surface area contributed by atoms with Gasteiger partial charge in [-0.05, 0) is 24.6 Å². The average molecular weight is 437 g/mol. The Hall–Kier alpha value is -3.19. The summed E-state index contributed by atoms with van der Waals surface area (Å²) in [5.41, 5.74) is 9.96. The second-order valence-electron chi connectivity index (χ2n) is 6.64. The summed E-state index contributed by atoms with van der Waals surface area (Å²) in [6.45, 7) is 1.99. The molecule has 0 saturated carbocycles. The van der Waals surface area contributed by atoms with Gasteiger partial charge in [-0.15, -0.1) is 0 Å². The molecule has 0 aliphatic carbocycles. The van der Waals surface area contributed by atoms with Crippen LogP contribution < -0.4 is 17.0 Å². The molecule has 2 aromatic heterocycles. The van der Waals surface area contributed by atoms with Gasteiger partial charge in [0.2, 0.25) is 0 Å². The van der Waals surface area contributed by atoms with E-state index in [1.807, 2.05) is 55.5 Å². The molecule has 0 bridgehead atoms. The van der Waals surface area contributed by atoms with Crippen molar-refractivity contribution in [1.29, 1.82) is 0 Å². The first-order chi connectivity index (χ1) is 13.4. The number of nitrogens with zero attached hydrogens (tertiary/aromatic N) is 2. The second kappa shape index (κ2) is 6.76. The Kier molecular flexibility index (Phi) is 4.39. The Bertz CT molecular complexity index is 1320. The van der Waals surface area contributed by atoms with E-state index in [0.717, 1.165) is 21.2 Å². The molecule has 0 saturated heterocycles. The number of rotatable bonds is 2. The molecular weight excluding hydrogens is 420 g/mol. The largest absolute Gasteiger partial charge is 0.396 e. The lowest BCUT2D eigenvalue weighted by molar-refractivity contribution is 0.830. The summed E-state index contributed by atoms with van der Waals surface area (Å²) < 4.78 is 2.26. The van der Waals surface area contributed by atoms with Crippen molar-refractivity contribution in [3.8, 4) is 22.4 Å². The topological polar surface area (TPSA) is 93.8 Å². The van der Waals surface area contributed by atoms with Crippen LogP contribution in [0.1, 0.15) is 5.56 Å². The van der Waals surface area contributed by atoms with Gasteiger partial charge in [0.25, 0.3) is 5.56 Å². The number of aromatic nitrogens is 3. The Balaban J connectivity index is 2.19. The van der Waals surface area contributed by atoms with Crippen LogP contribution in [0, 0.1) is 6.92 Å². The lowest BCUT2D eigenvalue weighted by Crippen LogP contribution is -2.29. The molecule has 0 aliphatic heterocycles. The Morgan fingerprint density at radius 1 is 1.00 bits per heavy atom. The predicted octanol–water partition coefficient (Wildman–Crippen LogP) is 3.61. The van der Waals surface area contributed by atoms with Crippen LogP contribution in [-0.2, 0) is 7.05 Å². The highest BCUT2D eigenvalue weighted by Gasteiger charge is 2.20. The molecule has 7 heteroatoms. The summed E-state index contributed by atoms with van der Waals surface area (Å²) >= 11 is 3.42. The standard InChI is InChI=1S/C21H17BrN4O2/c1-11-3-5-12(6-4-11)15-16-19(26(2)21(28)25-20(16)27)24-18(17(15)23)13-7-9-14(22)10-8-13/h3-10H,23H2,1-2H3,(H,25,27,28). The molecule has 0 radical (unpaired) electrons. The number of aryl methyl sites for hydroxylation is 2. The van der Waals surface area contributed by atoms with Crippen LogP contribution in [-0.4, -0.2) is 14.5 Å². The smallest absolute Gasteiger partial charge is 0.329 e. The number of nitrogens with one attached hydrogen (secondary N) is 1. The van der Waals surface area contributed by atoms with Crippen LogP contribution >= 0.6 is 15.9 Å². The number of hydrogen-bond donors (Lipinski definition) is 2. The van der Waals surface area contributed by atoms with Gasteiger partial charge < -0.3 is 5.73 Å². The summed E-state index contributed by atoms with van der Waals surface area (Å²) in [6, 6.07) is 15.3. The number of benzene rings is 2. The Labute approximate surface area is 168 Å². The van der Waals surface area contributed by atoms with Gasteiger partial charge >= 0.3 is 5.69 Å². The van der Waals surface area contributed by atoms with E-state index in [1.165, 1.54) is 4.57 Å². The highest BCUT2D eigenvalue weighted by molar-refractivity contribution is 9.10. The van der Waals surface area contributed by atoms with Crippen LogP contribution in [0.5, 0.6) is 0 Å². The Morgan fingerprint density at radius 3 is 2.25 bits per heavy atom. The molecule has 4 rings (SSSR count). The van der Waals surface area contributed by atoms with Gasteiger partial charge in [-0.2, -0.15) is 0 Å². The predicted molar refractivity (Wildman–Crippen MR) is 115 cm³/mol. The van der Waals surface area contributed by atoms with E-state index in [4.69, 9.17) is 5.73 Å². The zero-order valence-electron chi connectivity index (χ0n) is 15.3. The summed E-state index contributed by atoms with van der Waals surface area (Å²) in [6.07, 6.45) is 0. The van der Waals surface area contributed by atoms with Crippen LogP contribution in [0.15, 0.2) is 62.6 Å². The minimum atomic E-state index is -0.522. The summed E-state index contributed by atoms with van der Waals surface area (Å²) in [5, 5.41) is 0.296. The quantitative estimate of drug-likeness (QED) is 0.501. The molecule has 140 valence electrons. The number of hydrogen-bond acceptors (Lipinski definition) is 4. The summed E-state index contributed by atoms with van der Waals surface area (Å²) in [4.78, 5) is 31.8. The van der Waals surface area contributed by atoms with Gasteiger partial charge in [0.05, 0.1) is 16.8 Å². The van der Waals surface area contributed by atoms with Gasteiger partial charge in [-0.1, -0.05) is 57.9 Å². The number of nitrogen functional groups attached to an aromatic ring is 1.